The van der Waals surface area contributed by atoms with Gasteiger partial charge in [-0.25, -0.2) is 0 Å². The second-order valence-electron chi connectivity index (χ2n) is 6.97. The lowest BCUT2D eigenvalue weighted by Gasteiger charge is -2.18. The summed E-state index contributed by atoms with van der Waals surface area (Å²) in [6, 6.07) is 12.7. The Labute approximate surface area is 164 Å². The number of halogens is 1. The zero-order chi connectivity index (χ0) is 19.6. The van der Waals surface area contributed by atoms with Crippen molar-refractivity contribution in [2.24, 2.45) is 5.92 Å². The number of amides is 2. The van der Waals surface area contributed by atoms with Crippen LogP contribution in [0.25, 0.3) is 0 Å². The van der Waals surface area contributed by atoms with Crippen molar-refractivity contribution in [3.05, 3.63) is 53.1 Å². The summed E-state index contributed by atoms with van der Waals surface area (Å²) in [5.74, 6) is 0.125. The summed E-state index contributed by atoms with van der Waals surface area (Å²) in [6.07, 6.45) is 0.280. The Morgan fingerprint density at radius 2 is 1.93 bits per heavy atom. The maximum atomic E-state index is 12.6. The smallest absolute Gasteiger partial charge is 0.229 e. The van der Waals surface area contributed by atoms with Crippen molar-refractivity contribution in [2.75, 3.05) is 16.8 Å². The van der Waals surface area contributed by atoms with Gasteiger partial charge in [-0.2, -0.15) is 0 Å². The van der Waals surface area contributed by atoms with E-state index in [0.717, 1.165) is 17.0 Å². The lowest BCUT2D eigenvalue weighted by atomic mass is 10.1. The van der Waals surface area contributed by atoms with Crippen LogP contribution in [-0.2, 0) is 9.59 Å². The molecule has 1 fully saturated rings. The van der Waals surface area contributed by atoms with Crippen molar-refractivity contribution in [2.45, 2.75) is 33.3 Å². The Bertz CT molecular complexity index is 849. The number of anilines is 2. The van der Waals surface area contributed by atoms with Crippen LogP contribution in [0.3, 0.4) is 0 Å². The molecule has 0 spiro atoms. The molecule has 0 bridgehead atoms. The maximum absolute atomic E-state index is 12.6. The molecule has 3 rings (SSSR count). The third-order valence-corrected chi connectivity index (χ3v) is 4.95. The largest absolute Gasteiger partial charge is 0.491 e. The average Bonchev–Trinajstić information content (AvgIpc) is 3.01. The van der Waals surface area contributed by atoms with Crippen molar-refractivity contribution < 1.29 is 14.3 Å². The van der Waals surface area contributed by atoms with E-state index in [2.05, 4.69) is 5.32 Å². The minimum Gasteiger partial charge on any atom is -0.491 e. The first kappa shape index (κ1) is 19.2. The minimum absolute atomic E-state index is 0.0597. The Kier molecular flexibility index (Phi) is 5.71. The molecule has 1 aliphatic heterocycles. The quantitative estimate of drug-likeness (QED) is 0.827. The zero-order valence-electron chi connectivity index (χ0n) is 15.7. The highest BCUT2D eigenvalue weighted by atomic mass is 35.5. The molecule has 1 atom stereocenters. The maximum Gasteiger partial charge on any atom is 0.229 e. The highest BCUT2D eigenvalue weighted by Gasteiger charge is 2.35. The van der Waals surface area contributed by atoms with Crippen molar-refractivity contribution in [1.82, 2.24) is 0 Å². The summed E-state index contributed by atoms with van der Waals surface area (Å²) >= 11 is 6.10. The molecule has 6 heteroatoms. The first-order valence-corrected chi connectivity index (χ1v) is 9.36. The Morgan fingerprint density at radius 1 is 1.22 bits per heavy atom. The summed E-state index contributed by atoms with van der Waals surface area (Å²) in [4.78, 5) is 26.7. The van der Waals surface area contributed by atoms with Gasteiger partial charge in [-0.15, -0.1) is 0 Å². The molecule has 1 aliphatic rings. The van der Waals surface area contributed by atoms with Gasteiger partial charge >= 0.3 is 0 Å². The van der Waals surface area contributed by atoms with Crippen molar-refractivity contribution >= 4 is 34.8 Å². The van der Waals surface area contributed by atoms with Crippen LogP contribution in [0.2, 0.25) is 5.02 Å². The predicted molar refractivity (Wildman–Crippen MR) is 107 cm³/mol. The van der Waals surface area contributed by atoms with Crippen LogP contribution in [0, 0.1) is 12.8 Å². The Hall–Kier alpha value is -2.53. The molecule has 0 saturated carbocycles. The summed E-state index contributed by atoms with van der Waals surface area (Å²) < 4.78 is 5.63. The monoisotopic (exact) mass is 386 g/mol. The Balaban J connectivity index is 1.67. The van der Waals surface area contributed by atoms with Crippen LogP contribution in [0.15, 0.2) is 42.5 Å². The van der Waals surface area contributed by atoms with E-state index < -0.39 is 5.92 Å². The Morgan fingerprint density at radius 3 is 2.59 bits per heavy atom. The van der Waals surface area contributed by atoms with Gasteiger partial charge in [0.25, 0.3) is 0 Å². The molecule has 0 aliphatic carbocycles. The van der Waals surface area contributed by atoms with Crippen LogP contribution in [0.5, 0.6) is 5.75 Å². The van der Waals surface area contributed by atoms with Crippen molar-refractivity contribution in [3.63, 3.8) is 0 Å². The van der Waals surface area contributed by atoms with Gasteiger partial charge in [0.15, 0.2) is 0 Å². The molecular weight excluding hydrogens is 364 g/mol. The number of hydrogen-bond donors (Lipinski definition) is 1. The third-order valence-electron chi connectivity index (χ3n) is 4.54. The lowest BCUT2D eigenvalue weighted by Crippen LogP contribution is -2.28. The standard InChI is InChI=1S/C21H23ClN2O3/c1-13(2)27-17-9-7-16(8-10-17)24-12-15(11-20(24)25)21(26)23-19-6-4-5-18(22)14(19)3/h4-10,13,15H,11-12H2,1-3H3,(H,23,26)/t15-/m0/s1. The van der Waals surface area contributed by atoms with Gasteiger partial charge in [-0.05, 0) is 62.7 Å². The second kappa shape index (κ2) is 8.01. The van der Waals surface area contributed by atoms with Crippen LogP contribution in [-0.4, -0.2) is 24.5 Å². The normalized spacial score (nSPS) is 16.7. The van der Waals surface area contributed by atoms with E-state index in [1.54, 1.807) is 23.1 Å². The summed E-state index contributed by atoms with van der Waals surface area (Å²) in [7, 11) is 0. The van der Waals surface area contributed by atoms with E-state index in [1.807, 2.05) is 45.0 Å². The van der Waals surface area contributed by atoms with Crippen molar-refractivity contribution in [3.8, 4) is 5.75 Å². The lowest BCUT2D eigenvalue weighted by molar-refractivity contribution is -0.122. The first-order chi connectivity index (χ1) is 12.8. The zero-order valence-corrected chi connectivity index (χ0v) is 16.4. The second-order valence-corrected chi connectivity index (χ2v) is 7.37. The van der Waals surface area contributed by atoms with Gasteiger partial charge in [-0.1, -0.05) is 17.7 Å². The van der Waals surface area contributed by atoms with E-state index in [4.69, 9.17) is 16.3 Å². The van der Waals surface area contributed by atoms with Crippen LogP contribution in [0.1, 0.15) is 25.8 Å². The first-order valence-electron chi connectivity index (χ1n) is 8.98. The number of nitrogens with one attached hydrogen (secondary N) is 1. The van der Waals surface area contributed by atoms with E-state index in [9.17, 15) is 9.59 Å². The van der Waals surface area contributed by atoms with E-state index >= 15 is 0 Å². The number of ether oxygens (including phenoxy) is 1. The number of rotatable bonds is 5. The van der Waals surface area contributed by atoms with Crippen molar-refractivity contribution in [1.29, 1.82) is 0 Å². The number of carbonyl (C=O) groups excluding carboxylic acids is 2. The third kappa shape index (κ3) is 4.42. The van der Waals surface area contributed by atoms with Gasteiger partial charge in [0.1, 0.15) is 5.75 Å². The number of hydrogen-bond acceptors (Lipinski definition) is 3. The highest BCUT2D eigenvalue weighted by molar-refractivity contribution is 6.31. The van der Waals surface area contributed by atoms with E-state index in [0.29, 0.717) is 17.3 Å². The molecule has 0 radical (unpaired) electrons. The van der Waals surface area contributed by atoms with Crippen LogP contribution >= 0.6 is 11.6 Å². The fraction of sp³-hybridized carbons (Fsp3) is 0.333. The van der Waals surface area contributed by atoms with Gasteiger partial charge < -0.3 is 15.0 Å². The van der Waals surface area contributed by atoms with E-state index in [1.165, 1.54) is 0 Å². The molecule has 1 heterocycles. The minimum atomic E-state index is -0.400. The van der Waals surface area contributed by atoms with Gasteiger partial charge in [0.2, 0.25) is 11.8 Å². The molecule has 0 unspecified atom stereocenters. The predicted octanol–water partition coefficient (Wildman–Crippen LogP) is 4.43. The van der Waals surface area contributed by atoms with Crippen LogP contribution in [0.4, 0.5) is 11.4 Å². The molecule has 0 aromatic heterocycles. The highest BCUT2D eigenvalue weighted by Crippen LogP contribution is 2.29. The fourth-order valence-electron chi connectivity index (χ4n) is 3.09. The van der Waals surface area contributed by atoms with Crippen LogP contribution < -0.4 is 15.0 Å². The molecule has 2 aromatic rings. The average molecular weight is 387 g/mol. The summed E-state index contributed by atoms with van der Waals surface area (Å²) in [5, 5.41) is 3.49. The fourth-order valence-corrected chi connectivity index (χ4v) is 3.26. The summed E-state index contributed by atoms with van der Waals surface area (Å²) in [5.41, 5.74) is 2.26. The van der Waals surface area contributed by atoms with Gasteiger partial charge in [0, 0.05) is 29.4 Å². The summed E-state index contributed by atoms with van der Waals surface area (Å²) in [6.45, 7) is 6.13. The SMILES string of the molecule is Cc1c(Cl)cccc1NC(=O)[C@H]1CC(=O)N(c2ccc(OC(C)C)cc2)C1. The molecule has 1 saturated heterocycles. The van der Waals surface area contributed by atoms with E-state index in [-0.39, 0.29) is 24.3 Å². The molecule has 27 heavy (non-hydrogen) atoms. The number of carbonyl (C=O) groups is 2. The van der Waals surface area contributed by atoms with Gasteiger partial charge in [0.05, 0.1) is 12.0 Å². The molecule has 142 valence electrons. The molecule has 2 aromatic carbocycles. The topological polar surface area (TPSA) is 58.6 Å². The number of nitrogens with zero attached hydrogens (tertiary/aromatic N) is 1. The molecule has 5 nitrogen and oxygen atoms in total. The molecular formula is C21H23ClN2O3. The number of benzene rings is 2. The van der Waals surface area contributed by atoms with Gasteiger partial charge in [-0.3, -0.25) is 9.59 Å². The molecule has 2 amide bonds. The molecule has 1 N–H and O–H groups in total.